The molecule has 2 aliphatic heterocycles. The van der Waals surface area contributed by atoms with E-state index in [-0.39, 0.29) is 24.0 Å². The van der Waals surface area contributed by atoms with Crippen LogP contribution in [0, 0.1) is 0 Å². The van der Waals surface area contributed by atoms with Crippen molar-refractivity contribution in [3.05, 3.63) is 42.0 Å². The van der Waals surface area contributed by atoms with Gasteiger partial charge in [-0.25, -0.2) is 0 Å². The van der Waals surface area contributed by atoms with E-state index in [1.165, 1.54) is 0 Å². The quantitative estimate of drug-likeness (QED) is 0.297. The lowest BCUT2D eigenvalue weighted by molar-refractivity contribution is 0.179. The molecule has 144 valence electrons. The van der Waals surface area contributed by atoms with Gasteiger partial charge in [-0.3, -0.25) is 9.89 Å². The Balaban J connectivity index is 0.00000243. The number of guanidine groups is 1. The van der Waals surface area contributed by atoms with Gasteiger partial charge in [0.1, 0.15) is 5.75 Å². The van der Waals surface area contributed by atoms with Gasteiger partial charge >= 0.3 is 0 Å². The van der Waals surface area contributed by atoms with Crippen LogP contribution in [0.1, 0.15) is 18.1 Å². The van der Waals surface area contributed by atoms with Gasteiger partial charge in [0.2, 0.25) is 0 Å². The van der Waals surface area contributed by atoms with Crippen LogP contribution >= 0.6 is 24.0 Å². The maximum Gasteiger partial charge on any atom is 0.193 e. The summed E-state index contributed by atoms with van der Waals surface area (Å²) in [7, 11) is 3.43. The van der Waals surface area contributed by atoms with Crippen LogP contribution in [0.3, 0.4) is 0 Å². The van der Waals surface area contributed by atoms with Crippen LogP contribution < -0.4 is 10.1 Å². The van der Waals surface area contributed by atoms with Crippen LogP contribution in [0.2, 0.25) is 0 Å². The van der Waals surface area contributed by atoms with Crippen molar-refractivity contribution in [2.24, 2.45) is 4.99 Å². The Labute approximate surface area is 172 Å². The van der Waals surface area contributed by atoms with Crippen LogP contribution in [0.25, 0.3) is 0 Å². The monoisotopic (exact) mass is 472 g/mol. The lowest BCUT2D eigenvalue weighted by Gasteiger charge is -2.26. The van der Waals surface area contributed by atoms with Crippen LogP contribution in [0.15, 0.2) is 41.4 Å². The first-order valence-electron chi connectivity index (χ1n) is 8.88. The SMILES string of the molecule is CN=C(NCC(O)c1cccc(OC)c1)N1CCC(N2CC=CC2)C1.I. The molecule has 0 saturated carbocycles. The Morgan fingerprint density at radius 2 is 2.15 bits per heavy atom. The molecule has 0 radical (unpaired) electrons. The van der Waals surface area contributed by atoms with E-state index >= 15 is 0 Å². The minimum absolute atomic E-state index is 0. The van der Waals surface area contributed by atoms with Crippen molar-refractivity contribution >= 4 is 29.9 Å². The number of nitrogens with zero attached hydrogens (tertiary/aromatic N) is 3. The van der Waals surface area contributed by atoms with E-state index in [0.717, 1.165) is 49.9 Å². The molecule has 0 aliphatic carbocycles. The normalized spacial score (nSPS) is 21.6. The highest BCUT2D eigenvalue weighted by atomic mass is 127. The van der Waals surface area contributed by atoms with E-state index < -0.39 is 6.10 Å². The zero-order valence-electron chi connectivity index (χ0n) is 15.5. The standard InChI is InChI=1S/C19H28N4O2.HI/c1-20-19(23-11-8-16(14-23)22-9-3-4-10-22)21-13-18(24)15-6-5-7-17(12-15)25-2;/h3-7,12,16,18,24H,8-11,13-14H2,1-2H3,(H,20,21);1H. The van der Waals surface area contributed by atoms with Crippen LogP contribution in [-0.2, 0) is 0 Å². The molecule has 1 saturated heterocycles. The molecule has 2 unspecified atom stereocenters. The van der Waals surface area contributed by atoms with Gasteiger partial charge in [0, 0.05) is 45.8 Å². The van der Waals surface area contributed by atoms with E-state index in [4.69, 9.17) is 4.74 Å². The number of hydrogen-bond donors (Lipinski definition) is 2. The second kappa shape index (κ2) is 10.1. The smallest absolute Gasteiger partial charge is 0.193 e. The molecule has 0 aromatic heterocycles. The molecular weight excluding hydrogens is 443 g/mol. The summed E-state index contributed by atoms with van der Waals surface area (Å²) in [6, 6.07) is 8.11. The van der Waals surface area contributed by atoms with Crippen molar-refractivity contribution in [2.45, 2.75) is 18.6 Å². The number of aliphatic imine (C=N–C) groups is 1. The lowest BCUT2D eigenvalue weighted by Crippen LogP contribution is -2.43. The zero-order valence-corrected chi connectivity index (χ0v) is 17.8. The Kier molecular flexibility index (Phi) is 8.17. The summed E-state index contributed by atoms with van der Waals surface area (Å²) in [4.78, 5) is 9.17. The maximum absolute atomic E-state index is 10.4. The minimum Gasteiger partial charge on any atom is -0.497 e. The maximum atomic E-state index is 10.4. The molecule has 0 amide bonds. The molecule has 1 fully saturated rings. The summed E-state index contributed by atoms with van der Waals surface area (Å²) in [5.41, 5.74) is 0.838. The number of rotatable bonds is 5. The second-order valence-electron chi connectivity index (χ2n) is 6.53. The van der Waals surface area contributed by atoms with Gasteiger partial charge < -0.3 is 20.1 Å². The van der Waals surface area contributed by atoms with Crippen molar-refractivity contribution in [1.82, 2.24) is 15.1 Å². The summed E-state index contributed by atoms with van der Waals surface area (Å²) >= 11 is 0. The van der Waals surface area contributed by atoms with Crippen LogP contribution in [0.5, 0.6) is 5.75 Å². The highest BCUT2D eigenvalue weighted by Gasteiger charge is 2.29. The van der Waals surface area contributed by atoms with Crippen molar-refractivity contribution in [2.75, 3.05) is 46.9 Å². The Hall–Kier alpha value is -1.32. The third kappa shape index (κ3) is 5.11. The van der Waals surface area contributed by atoms with Gasteiger partial charge in [-0.15, -0.1) is 24.0 Å². The van der Waals surface area contributed by atoms with Crippen molar-refractivity contribution in [1.29, 1.82) is 0 Å². The summed E-state index contributed by atoms with van der Waals surface area (Å²) in [5, 5.41) is 13.8. The molecule has 0 bridgehead atoms. The number of halogens is 1. The highest BCUT2D eigenvalue weighted by Crippen LogP contribution is 2.20. The molecule has 6 nitrogen and oxygen atoms in total. The van der Waals surface area contributed by atoms with Crippen LogP contribution in [0.4, 0.5) is 0 Å². The number of likely N-dealkylation sites (tertiary alicyclic amines) is 1. The molecule has 7 heteroatoms. The average molecular weight is 472 g/mol. The molecule has 2 heterocycles. The lowest BCUT2D eigenvalue weighted by atomic mass is 10.1. The number of methoxy groups -OCH3 is 1. The molecule has 3 rings (SSSR count). The van der Waals surface area contributed by atoms with Crippen LogP contribution in [-0.4, -0.2) is 73.8 Å². The first kappa shape index (κ1) is 21.0. The van der Waals surface area contributed by atoms with Gasteiger partial charge in [0.05, 0.1) is 13.2 Å². The van der Waals surface area contributed by atoms with Gasteiger partial charge in [-0.05, 0) is 24.1 Å². The summed E-state index contributed by atoms with van der Waals surface area (Å²) in [5.74, 6) is 1.61. The summed E-state index contributed by atoms with van der Waals surface area (Å²) in [6.45, 7) is 4.51. The van der Waals surface area contributed by atoms with E-state index in [1.54, 1.807) is 14.2 Å². The average Bonchev–Trinajstić information content (AvgIpc) is 3.33. The second-order valence-corrected chi connectivity index (χ2v) is 6.53. The van der Waals surface area contributed by atoms with Gasteiger partial charge in [-0.2, -0.15) is 0 Å². The van der Waals surface area contributed by atoms with Crippen molar-refractivity contribution in [3.63, 3.8) is 0 Å². The van der Waals surface area contributed by atoms with Gasteiger partial charge in [0.15, 0.2) is 5.96 Å². The number of aliphatic hydroxyl groups excluding tert-OH is 1. The third-order valence-corrected chi connectivity index (χ3v) is 4.97. The predicted molar refractivity (Wildman–Crippen MR) is 115 cm³/mol. The van der Waals surface area contributed by atoms with E-state index in [9.17, 15) is 5.11 Å². The highest BCUT2D eigenvalue weighted by molar-refractivity contribution is 14.0. The molecule has 1 aromatic rings. The Morgan fingerprint density at radius 3 is 2.85 bits per heavy atom. The first-order valence-corrected chi connectivity index (χ1v) is 8.88. The Bertz CT molecular complexity index is 630. The van der Waals surface area contributed by atoms with E-state index in [2.05, 4.69) is 32.3 Å². The predicted octanol–water partition coefficient (Wildman–Crippen LogP) is 1.87. The molecule has 0 spiro atoms. The molecule has 2 atom stereocenters. The number of aliphatic hydroxyl groups is 1. The Morgan fingerprint density at radius 1 is 1.38 bits per heavy atom. The van der Waals surface area contributed by atoms with Gasteiger partial charge in [-0.1, -0.05) is 24.3 Å². The number of ether oxygens (including phenoxy) is 1. The van der Waals surface area contributed by atoms with Crippen molar-refractivity contribution in [3.8, 4) is 5.75 Å². The molecule has 1 aromatic carbocycles. The number of hydrogen-bond acceptors (Lipinski definition) is 4. The fourth-order valence-corrected chi connectivity index (χ4v) is 3.51. The summed E-state index contributed by atoms with van der Waals surface area (Å²) < 4.78 is 5.22. The minimum atomic E-state index is -0.604. The number of nitrogens with one attached hydrogen (secondary N) is 1. The fraction of sp³-hybridized carbons (Fsp3) is 0.526. The van der Waals surface area contributed by atoms with E-state index in [1.807, 2.05) is 24.3 Å². The zero-order chi connectivity index (χ0) is 17.6. The first-order chi connectivity index (χ1) is 12.2. The van der Waals surface area contributed by atoms with Gasteiger partial charge in [0.25, 0.3) is 0 Å². The topological polar surface area (TPSA) is 60.3 Å². The number of benzene rings is 1. The molecule has 2 N–H and O–H groups in total. The molecule has 26 heavy (non-hydrogen) atoms. The fourth-order valence-electron chi connectivity index (χ4n) is 3.51. The largest absolute Gasteiger partial charge is 0.497 e. The molecule has 2 aliphatic rings. The molecular formula is C19H29IN4O2. The third-order valence-electron chi connectivity index (χ3n) is 4.97. The van der Waals surface area contributed by atoms with E-state index in [0.29, 0.717) is 12.6 Å². The summed E-state index contributed by atoms with van der Waals surface area (Å²) in [6.07, 6.45) is 5.02. The van der Waals surface area contributed by atoms with Crippen molar-refractivity contribution < 1.29 is 9.84 Å².